The number of methoxy groups -OCH3 is 1. The molecule has 0 aromatic heterocycles. The van der Waals surface area contributed by atoms with Crippen molar-refractivity contribution in [3.63, 3.8) is 0 Å². The minimum absolute atomic E-state index is 0.0454. The predicted octanol–water partition coefficient (Wildman–Crippen LogP) is 2.46. The van der Waals surface area contributed by atoms with Crippen LogP contribution in [0.2, 0.25) is 0 Å². The molecule has 0 aliphatic heterocycles. The van der Waals surface area contributed by atoms with Crippen molar-refractivity contribution < 1.29 is 14.2 Å². The van der Waals surface area contributed by atoms with Gasteiger partial charge in [0, 0.05) is 13.7 Å². The topological polar surface area (TPSA) is 27.7 Å². The highest BCUT2D eigenvalue weighted by molar-refractivity contribution is 6.21. The lowest BCUT2D eigenvalue weighted by Gasteiger charge is -2.40. The Morgan fingerprint density at radius 3 is 2.50 bits per heavy atom. The number of hydrogen-bond acceptors (Lipinski definition) is 3. The van der Waals surface area contributed by atoms with Crippen molar-refractivity contribution in [1.29, 1.82) is 0 Å². The number of halogens is 1. The van der Waals surface area contributed by atoms with E-state index >= 15 is 0 Å². The molecule has 1 aliphatic carbocycles. The van der Waals surface area contributed by atoms with E-state index in [0.717, 1.165) is 19.4 Å². The first-order chi connectivity index (χ1) is 7.65. The summed E-state index contributed by atoms with van der Waals surface area (Å²) in [5, 5.41) is 0.0981. The Balaban J connectivity index is 2.11. The number of rotatable bonds is 8. The first kappa shape index (κ1) is 14.2. The van der Waals surface area contributed by atoms with E-state index in [0.29, 0.717) is 19.1 Å². The van der Waals surface area contributed by atoms with Crippen LogP contribution in [0, 0.1) is 5.92 Å². The van der Waals surface area contributed by atoms with Crippen LogP contribution < -0.4 is 0 Å². The van der Waals surface area contributed by atoms with Gasteiger partial charge < -0.3 is 14.2 Å². The summed E-state index contributed by atoms with van der Waals surface area (Å²) in [7, 11) is 1.67. The first-order valence-electron chi connectivity index (χ1n) is 6.01. The Labute approximate surface area is 103 Å². The third-order valence-corrected chi connectivity index (χ3v) is 3.23. The Bertz CT molecular complexity index is 187. The molecule has 0 amide bonds. The molecule has 0 bridgehead atoms. The molecule has 0 saturated heterocycles. The maximum Gasteiger partial charge on any atom is 0.100 e. The second-order valence-corrected chi connectivity index (χ2v) is 5.23. The average molecular weight is 251 g/mol. The van der Waals surface area contributed by atoms with Gasteiger partial charge in [-0.2, -0.15) is 0 Å². The van der Waals surface area contributed by atoms with E-state index in [1.807, 2.05) is 0 Å². The van der Waals surface area contributed by atoms with Crippen molar-refractivity contribution in [3.8, 4) is 0 Å². The average Bonchev–Trinajstić information content (AvgIpc) is 2.22. The Kier molecular flexibility index (Phi) is 6.66. The van der Waals surface area contributed by atoms with Gasteiger partial charge in [0.25, 0.3) is 0 Å². The summed E-state index contributed by atoms with van der Waals surface area (Å²) >= 11 is 6.08. The molecular weight excluding hydrogens is 228 g/mol. The van der Waals surface area contributed by atoms with Gasteiger partial charge in [-0.3, -0.25) is 0 Å². The monoisotopic (exact) mass is 250 g/mol. The smallest absolute Gasteiger partial charge is 0.100 e. The van der Waals surface area contributed by atoms with Gasteiger partial charge in [0.1, 0.15) is 6.10 Å². The Morgan fingerprint density at radius 2 is 1.94 bits per heavy atom. The number of alkyl halides is 1. The minimum atomic E-state index is 0.0454. The van der Waals surface area contributed by atoms with Gasteiger partial charge in [-0.05, 0) is 18.8 Å². The summed E-state index contributed by atoms with van der Waals surface area (Å²) in [6.07, 6.45) is 2.22. The Hall–Kier alpha value is 0.170. The highest BCUT2D eigenvalue weighted by atomic mass is 35.5. The summed E-state index contributed by atoms with van der Waals surface area (Å²) < 4.78 is 16.3. The van der Waals surface area contributed by atoms with Crippen LogP contribution in [-0.4, -0.2) is 44.5 Å². The Morgan fingerprint density at radius 1 is 1.19 bits per heavy atom. The van der Waals surface area contributed by atoms with Crippen LogP contribution in [0.15, 0.2) is 0 Å². The molecule has 3 nitrogen and oxygen atoms in total. The van der Waals surface area contributed by atoms with E-state index in [1.54, 1.807) is 7.11 Å². The quantitative estimate of drug-likeness (QED) is 0.489. The molecule has 4 heteroatoms. The molecular formula is C12H23ClO3. The highest BCUT2D eigenvalue weighted by Crippen LogP contribution is 2.32. The van der Waals surface area contributed by atoms with Gasteiger partial charge in [-0.25, -0.2) is 0 Å². The standard InChI is InChI=1S/C12H23ClO3/c1-9(2)4-5-15-11-8-10(13)12(11)16-7-6-14-3/h9-12H,4-8H2,1-3H3. The zero-order valence-electron chi connectivity index (χ0n) is 10.4. The van der Waals surface area contributed by atoms with Crippen molar-refractivity contribution in [1.82, 2.24) is 0 Å². The van der Waals surface area contributed by atoms with Gasteiger partial charge in [-0.15, -0.1) is 11.6 Å². The van der Waals surface area contributed by atoms with E-state index < -0.39 is 0 Å². The third-order valence-electron chi connectivity index (χ3n) is 2.81. The van der Waals surface area contributed by atoms with Gasteiger partial charge >= 0.3 is 0 Å². The van der Waals surface area contributed by atoms with Crippen molar-refractivity contribution in [2.75, 3.05) is 26.9 Å². The fourth-order valence-electron chi connectivity index (χ4n) is 1.62. The fourth-order valence-corrected chi connectivity index (χ4v) is 2.04. The molecule has 3 atom stereocenters. The second-order valence-electron chi connectivity index (χ2n) is 4.67. The van der Waals surface area contributed by atoms with E-state index in [1.165, 1.54) is 0 Å². The molecule has 3 unspecified atom stereocenters. The summed E-state index contributed by atoms with van der Waals surface area (Å²) in [4.78, 5) is 0. The molecule has 1 fully saturated rings. The molecule has 0 spiro atoms. The summed E-state index contributed by atoms with van der Waals surface area (Å²) in [5.41, 5.74) is 0. The minimum Gasteiger partial charge on any atom is -0.382 e. The normalized spacial score (nSPS) is 29.4. The van der Waals surface area contributed by atoms with Crippen molar-refractivity contribution >= 4 is 11.6 Å². The number of hydrogen-bond donors (Lipinski definition) is 0. The first-order valence-corrected chi connectivity index (χ1v) is 6.45. The maximum atomic E-state index is 6.08. The molecule has 0 N–H and O–H groups in total. The van der Waals surface area contributed by atoms with Crippen molar-refractivity contribution in [2.24, 2.45) is 5.92 Å². The molecule has 0 aromatic carbocycles. The fraction of sp³-hybridized carbons (Fsp3) is 1.00. The highest BCUT2D eigenvalue weighted by Gasteiger charge is 2.41. The summed E-state index contributed by atoms with van der Waals surface area (Å²) in [6.45, 7) is 6.39. The van der Waals surface area contributed by atoms with E-state index in [4.69, 9.17) is 25.8 Å². The van der Waals surface area contributed by atoms with E-state index in [2.05, 4.69) is 13.8 Å². The van der Waals surface area contributed by atoms with Gasteiger partial charge in [-0.1, -0.05) is 13.8 Å². The molecule has 1 aliphatic rings. The van der Waals surface area contributed by atoms with Gasteiger partial charge in [0.2, 0.25) is 0 Å². The van der Waals surface area contributed by atoms with Crippen LogP contribution in [-0.2, 0) is 14.2 Å². The van der Waals surface area contributed by atoms with E-state index in [-0.39, 0.29) is 17.6 Å². The van der Waals surface area contributed by atoms with Crippen LogP contribution in [0.3, 0.4) is 0 Å². The maximum absolute atomic E-state index is 6.08. The lowest BCUT2D eigenvalue weighted by atomic mass is 9.91. The largest absolute Gasteiger partial charge is 0.382 e. The van der Waals surface area contributed by atoms with E-state index in [9.17, 15) is 0 Å². The zero-order valence-corrected chi connectivity index (χ0v) is 11.2. The van der Waals surface area contributed by atoms with Gasteiger partial charge in [0.05, 0.1) is 24.7 Å². The van der Waals surface area contributed by atoms with Crippen LogP contribution >= 0.6 is 11.6 Å². The lowest BCUT2D eigenvalue weighted by molar-refractivity contribution is -0.131. The zero-order chi connectivity index (χ0) is 12.0. The molecule has 1 rings (SSSR count). The second kappa shape index (κ2) is 7.49. The molecule has 0 aromatic rings. The SMILES string of the molecule is COCCOC1C(Cl)CC1OCCC(C)C. The van der Waals surface area contributed by atoms with Crippen LogP contribution in [0.1, 0.15) is 26.7 Å². The van der Waals surface area contributed by atoms with Gasteiger partial charge in [0.15, 0.2) is 0 Å². The lowest BCUT2D eigenvalue weighted by Crippen LogP contribution is -2.51. The van der Waals surface area contributed by atoms with Crippen LogP contribution in [0.25, 0.3) is 0 Å². The third kappa shape index (κ3) is 4.58. The predicted molar refractivity (Wildman–Crippen MR) is 65.1 cm³/mol. The number of ether oxygens (including phenoxy) is 3. The molecule has 96 valence electrons. The van der Waals surface area contributed by atoms with Crippen molar-refractivity contribution in [2.45, 2.75) is 44.3 Å². The molecule has 0 heterocycles. The molecule has 1 saturated carbocycles. The summed E-state index contributed by atoms with van der Waals surface area (Å²) in [6, 6.07) is 0. The van der Waals surface area contributed by atoms with Crippen LogP contribution in [0.4, 0.5) is 0 Å². The summed E-state index contributed by atoms with van der Waals surface area (Å²) in [5.74, 6) is 0.680. The molecule has 16 heavy (non-hydrogen) atoms. The van der Waals surface area contributed by atoms with Crippen molar-refractivity contribution in [3.05, 3.63) is 0 Å². The van der Waals surface area contributed by atoms with Crippen LogP contribution in [0.5, 0.6) is 0 Å². The molecule has 0 radical (unpaired) electrons.